The van der Waals surface area contributed by atoms with Gasteiger partial charge in [-0.2, -0.15) is 0 Å². The SMILES string of the molecule is CCC(N)C1(C2CCCC2)CCC(Oc2cc3cc[nH]c(=O)c3cc2Cl)CC1. The van der Waals surface area contributed by atoms with E-state index in [0.29, 0.717) is 16.2 Å². The molecule has 2 aliphatic carbocycles. The number of nitrogens with one attached hydrogen (secondary N) is 1. The predicted octanol–water partition coefficient (Wildman–Crippen LogP) is 5.42. The van der Waals surface area contributed by atoms with Gasteiger partial charge in [-0.05, 0) is 79.9 Å². The van der Waals surface area contributed by atoms with Crippen molar-refractivity contribution in [2.45, 2.75) is 76.9 Å². The van der Waals surface area contributed by atoms with Crippen molar-refractivity contribution in [1.29, 1.82) is 0 Å². The smallest absolute Gasteiger partial charge is 0.255 e. The maximum atomic E-state index is 12.0. The van der Waals surface area contributed by atoms with E-state index in [2.05, 4.69) is 11.9 Å². The molecular formula is C23H31ClN2O2. The third kappa shape index (κ3) is 3.57. The van der Waals surface area contributed by atoms with E-state index in [1.165, 1.54) is 25.7 Å². The van der Waals surface area contributed by atoms with Gasteiger partial charge < -0.3 is 15.5 Å². The van der Waals surface area contributed by atoms with Crippen LogP contribution in [0.3, 0.4) is 0 Å². The third-order valence-corrected chi connectivity index (χ3v) is 7.63. The van der Waals surface area contributed by atoms with E-state index >= 15 is 0 Å². The maximum Gasteiger partial charge on any atom is 0.255 e. The van der Waals surface area contributed by atoms with Crippen LogP contribution in [0.25, 0.3) is 10.8 Å². The first-order valence-electron chi connectivity index (χ1n) is 10.8. The Morgan fingerprint density at radius 2 is 1.96 bits per heavy atom. The van der Waals surface area contributed by atoms with Crippen LogP contribution in [0.5, 0.6) is 5.75 Å². The highest BCUT2D eigenvalue weighted by molar-refractivity contribution is 6.32. The Kier molecular flexibility index (Phi) is 5.71. The topological polar surface area (TPSA) is 68.1 Å². The molecule has 28 heavy (non-hydrogen) atoms. The van der Waals surface area contributed by atoms with Crippen molar-refractivity contribution in [2.75, 3.05) is 0 Å². The minimum Gasteiger partial charge on any atom is -0.489 e. The van der Waals surface area contributed by atoms with E-state index in [4.69, 9.17) is 22.1 Å². The lowest BCUT2D eigenvalue weighted by molar-refractivity contribution is 0.0156. The highest BCUT2D eigenvalue weighted by Gasteiger charge is 2.46. The van der Waals surface area contributed by atoms with Crippen LogP contribution in [0, 0.1) is 11.3 Å². The van der Waals surface area contributed by atoms with Gasteiger partial charge in [0.25, 0.3) is 5.56 Å². The summed E-state index contributed by atoms with van der Waals surface area (Å²) in [4.78, 5) is 14.6. The van der Waals surface area contributed by atoms with E-state index in [1.807, 2.05) is 12.1 Å². The van der Waals surface area contributed by atoms with E-state index < -0.39 is 0 Å². The van der Waals surface area contributed by atoms with Crippen LogP contribution in [0.1, 0.15) is 64.7 Å². The molecule has 2 aromatic rings. The molecule has 1 heterocycles. The molecule has 1 unspecified atom stereocenters. The van der Waals surface area contributed by atoms with Gasteiger partial charge in [0, 0.05) is 17.6 Å². The minimum atomic E-state index is -0.126. The van der Waals surface area contributed by atoms with Gasteiger partial charge in [0.2, 0.25) is 0 Å². The van der Waals surface area contributed by atoms with Crippen LogP contribution in [0.4, 0.5) is 0 Å². The fraction of sp³-hybridized carbons (Fsp3) is 0.609. The fourth-order valence-corrected chi connectivity index (χ4v) is 5.90. The molecular weight excluding hydrogens is 372 g/mol. The fourth-order valence-electron chi connectivity index (χ4n) is 5.69. The molecule has 0 aliphatic heterocycles. The second-order valence-electron chi connectivity index (χ2n) is 8.72. The predicted molar refractivity (Wildman–Crippen MR) is 115 cm³/mol. The standard InChI is InChI=1S/C23H31ClN2O2/c1-2-21(25)23(16-5-3-4-6-16)10-7-17(8-11-23)28-20-13-15-9-12-26-22(27)18(15)14-19(20)24/h9,12-14,16-17,21H,2-8,10-11,25H2,1H3,(H,26,27). The molecule has 2 saturated carbocycles. The summed E-state index contributed by atoms with van der Waals surface area (Å²) in [7, 11) is 0. The van der Waals surface area contributed by atoms with Crippen molar-refractivity contribution in [1.82, 2.24) is 4.98 Å². The zero-order valence-electron chi connectivity index (χ0n) is 16.7. The summed E-state index contributed by atoms with van der Waals surface area (Å²) in [6.45, 7) is 2.22. The van der Waals surface area contributed by atoms with Crippen molar-refractivity contribution in [3.05, 3.63) is 39.8 Å². The quantitative estimate of drug-likeness (QED) is 0.701. The van der Waals surface area contributed by atoms with Crippen LogP contribution < -0.4 is 16.0 Å². The molecule has 0 radical (unpaired) electrons. The Hall–Kier alpha value is -1.52. The maximum absolute atomic E-state index is 12.0. The molecule has 5 heteroatoms. The average Bonchev–Trinajstić information content (AvgIpc) is 3.25. The molecule has 3 N–H and O–H groups in total. The number of benzene rings is 1. The lowest BCUT2D eigenvalue weighted by Crippen LogP contribution is -2.49. The van der Waals surface area contributed by atoms with Crippen LogP contribution in [-0.2, 0) is 0 Å². The first kappa shape index (κ1) is 19.8. The molecule has 0 spiro atoms. The number of hydrogen-bond donors (Lipinski definition) is 2. The molecule has 1 aromatic heterocycles. The Bertz CT molecular complexity index is 880. The Morgan fingerprint density at radius 3 is 2.64 bits per heavy atom. The summed E-state index contributed by atoms with van der Waals surface area (Å²) in [5.74, 6) is 1.46. The second kappa shape index (κ2) is 8.08. The van der Waals surface area contributed by atoms with Crippen molar-refractivity contribution in [3.63, 3.8) is 0 Å². The highest BCUT2D eigenvalue weighted by Crippen LogP contribution is 2.52. The van der Waals surface area contributed by atoms with Crippen LogP contribution in [0.2, 0.25) is 5.02 Å². The number of pyridine rings is 1. The summed E-state index contributed by atoms with van der Waals surface area (Å²) in [6.07, 6.45) is 12.6. The van der Waals surface area contributed by atoms with Gasteiger partial charge >= 0.3 is 0 Å². The summed E-state index contributed by atoms with van der Waals surface area (Å²) in [6, 6.07) is 5.77. The molecule has 0 bridgehead atoms. The van der Waals surface area contributed by atoms with Gasteiger partial charge in [0.1, 0.15) is 5.75 Å². The lowest BCUT2D eigenvalue weighted by atomic mass is 9.60. The number of nitrogens with two attached hydrogens (primary N) is 1. The summed E-state index contributed by atoms with van der Waals surface area (Å²) >= 11 is 6.43. The molecule has 1 aromatic carbocycles. The van der Waals surface area contributed by atoms with Crippen LogP contribution in [-0.4, -0.2) is 17.1 Å². The summed E-state index contributed by atoms with van der Waals surface area (Å²) < 4.78 is 6.32. The number of halogens is 1. The van der Waals surface area contributed by atoms with Crippen molar-refractivity contribution in [2.24, 2.45) is 17.1 Å². The minimum absolute atomic E-state index is 0.126. The van der Waals surface area contributed by atoms with Crippen LogP contribution >= 0.6 is 11.6 Å². The second-order valence-corrected chi connectivity index (χ2v) is 9.13. The number of fused-ring (bicyclic) bond motifs is 1. The van der Waals surface area contributed by atoms with E-state index in [9.17, 15) is 4.79 Å². The van der Waals surface area contributed by atoms with Gasteiger partial charge in [0.15, 0.2) is 0 Å². The molecule has 1 atom stereocenters. The molecule has 2 aliphatic rings. The first-order chi connectivity index (χ1) is 13.5. The number of aromatic nitrogens is 1. The number of H-pyrrole nitrogens is 1. The Balaban J connectivity index is 1.50. The van der Waals surface area contributed by atoms with Gasteiger partial charge in [-0.1, -0.05) is 31.4 Å². The van der Waals surface area contributed by atoms with Gasteiger partial charge in [-0.15, -0.1) is 0 Å². The molecule has 2 fully saturated rings. The van der Waals surface area contributed by atoms with Gasteiger partial charge in [-0.3, -0.25) is 4.79 Å². The van der Waals surface area contributed by atoms with Gasteiger partial charge in [0.05, 0.1) is 11.1 Å². The zero-order valence-corrected chi connectivity index (χ0v) is 17.4. The number of ether oxygens (including phenoxy) is 1. The van der Waals surface area contributed by atoms with Crippen molar-refractivity contribution < 1.29 is 4.74 Å². The average molecular weight is 403 g/mol. The van der Waals surface area contributed by atoms with E-state index in [-0.39, 0.29) is 23.1 Å². The molecule has 0 saturated heterocycles. The largest absolute Gasteiger partial charge is 0.489 e. The van der Waals surface area contributed by atoms with Crippen molar-refractivity contribution in [3.8, 4) is 5.75 Å². The zero-order chi connectivity index (χ0) is 19.7. The number of rotatable bonds is 5. The third-order valence-electron chi connectivity index (χ3n) is 7.33. The van der Waals surface area contributed by atoms with E-state index in [1.54, 1.807) is 12.3 Å². The molecule has 4 rings (SSSR count). The van der Waals surface area contributed by atoms with Crippen LogP contribution in [0.15, 0.2) is 29.2 Å². The van der Waals surface area contributed by atoms with Gasteiger partial charge in [-0.25, -0.2) is 0 Å². The summed E-state index contributed by atoms with van der Waals surface area (Å²) in [5.41, 5.74) is 6.82. The molecule has 4 nitrogen and oxygen atoms in total. The normalized spacial score (nSPS) is 27.2. The lowest BCUT2D eigenvalue weighted by Gasteiger charge is -2.48. The number of hydrogen-bond acceptors (Lipinski definition) is 3. The molecule has 152 valence electrons. The number of aromatic amines is 1. The Labute approximate surface area is 171 Å². The highest BCUT2D eigenvalue weighted by atomic mass is 35.5. The van der Waals surface area contributed by atoms with E-state index in [0.717, 1.165) is 43.4 Å². The summed E-state index contributed by atoms with van der Waals surface area (Å²) in [5, 5.41) is 1.95. The monoisotopic (exact) mass is 402 g/mol. The first-order valence-corrected chi connectivity index (χ1v) is 11.1. The van der Waals surface area contributed by atoms with Crippen molar-refractivity contribution >= 4 is 22.4 Å². The molecule has 0 amide bonds. The Morgan fingerprint density at radius 1 is 1.25 bits per heavy atom.